The summed E-state index contributed by atoms with van der Waals surface area (Å²) in [6.45, 7) is 0.244. The van der Waals surface area contributed by atoms with Crippen LogP contribution in [0.3, 0.4) is 0 Å². The van der Waals surface area contributed by atoms with Crippen LogP contribution in [0.15, 0.2) is 47.7 Å². The molecule has 31 heavy (non-hydrogen) atoms. The third-order valence-electron chi connectivity index (χ3n) is 5.23. The van der Waals surface area contributed by atoms with Gasteiger partial charge >= 0.3 is 0 Å². The lowest BCUT2D eigenvalue weighted by atomic mass is 10.1. The molecular weight excluding hydrogens is 414 g/mol. The topological polar surface area (TPSA) is 114 Å². The van der Waals surface area contributed by atoms with Gasteiger partial charge in [-0.25, -0.2) is 9.67 Å². The van der Waals surface area contributed by atoms with E-state index < -0.39 is 5.91 Å². The normalized spacial score (nSPS) is 11.5. The molecule has 9 nitrogen and oxygen atoms in total. The molecule has 2 N–H and O–H groups in total. The van der Waals surface area contributed by atoms with Crippen molar-refractivity contribution < 1.29 is 4.79 Å². The fraction of sp³-hybridized carbons (Fsp3) is 0.190. The molecule has 156 valence electrons. The predicted molar refractivity (Wildman–Crippen MR) is 118 cm³/mol. The molecule has 1 amide bonds. The highest BCUT2D eigenvalue weighted by Gasteiger charge is 2.18. The Morgan fingerprint density at radius 2 is 2.00 bits per heavy atom. The number of fused-ring (bicyclic) bond motifs is 3. The van der Waals surface area contributed by atoms with Crippen LogP contribution in [0.4, 0.5) is 0 Å². The minimum atomic E-state index is -0.506. The zero-order valence-electron chi connectivity index (χ0n) is 16.9. The third-order valence-corrected chi connectivity index (χ3v) is 6.31. The van der Waals surface area contributed by atoms with Crippen LogP contribution >= 0.6 is 11.3 Å². The third kappa shape index (κ3) is 3.30. The molecule has 4 aromatic heterocycles. The molecule has 0 aliphatic rings. The number of rotatable bonds is 5. The Morgan fingerprint density at radius 1 is 1.16 bits per heavy atom. The van der Waals surface area contributed by atoms with E-state index >= 15 is 0 Å². The standard InChI is InChI=1S/C21H19N7O2S/c1-26-10-13(8-23-26)7-16-25-20-18(31-16)15-9-24-28(21(30)17(15)27(20)2)11-12-4-3-5-14(6-12)19(22)29/h3-6,8-10H,7,11H2,1-2H3,(H2,22,29). The van der Waals surface area contributed by atoms with E-state index in [2.05, 4.69) is 10.2 Å². The van der Waals surface area contributed by atoms with Gasteiger partial charge in [-0.05, 0) is 23.3 Å². The van der Waals surface area contributed by atoms with Gasteiger partial charge in [0.2, 0.25) is 5.91 Å². The molecule has 10 heteroatoms. The summed E-state index contributed by atoms with van der Waals surface area (Å²) in [5, 5.41) is 10.3. The molecule has 0 fully saturated rings. The Labute approximate surface area is 180 Å². The maximum atomic E-state index is 13.2. The van der Waals surface area contributed by atoms with Gasteiger partial charge in [-0.3, -0.25) is 14.3 Å². The summed E-state index contributed by atoms with van der Waals surface area (Å²) >= 11 is 1.57. The summed E-state index contributed by atoms with van der Waals surface area (Å²) in [6, 6.07) is 6.90. The zero-order chi connectivity index (χ0) is 21.7. The van der Waals surface area contributed by atoms with Crippen molar-refractivity contribution in [1.29, 1.82) is 0 Å². The first-order chi connectivity index (χ1) is 14.9. The molecule has 1 aromatic carbocycles. The number of nitrogens with two attached hydrogens (primary N) is 1. The van der Waals surface area contributed by atoms with E-state index in [9.17, 15) is 9.59 Å². The number of hydrogen-bond donors (Lipinski definition) is 1. The van der Waals surface area contributed by atoms with Crippen molar-refractivity contribution in [2.75, 3.05) is 0 Å². The molecule has 0 saturated carbocycles. The largest absolute Gasteiger partial charge is 0.366 e. The molecule has 0 atom stereocenters. The van der Waals surface area contributed by atoms with E-state index in [1.165, 1.54) is 4.68 Å². The van der Waals surface area contributed by atoms with Crippen LogP contribution in [0.25, 0.3) is 21.3 Å². The number of carbonyl (C=O) groups is 1. The number of amides is 1. The Balaban J connectivity index is 1.54. The SMILES string of the molecule is Cn1cc(Cc2nc3c(s2)c2cnn(Cc4cccc(C(N)=O)c4)c(=O)c2n3C)cn1. The van der Waals surface area contributed by atoms with Crippen LogP contribution < -0.4 is 11.3 Å². The lowest BCUT2D eigenvalue weighted by Crippen LogP contribution is -2.24. The van der Waals surface area contributed by atoms with Crippen molar-refractivity contribution in [3.05, 3.63) is 74.9 Å². The lowest BCUT2D eigenvalue weighted by molar-refractivity contribution is 0.1000. The highest BCUT2D eigenvalue weighted by Crippen LogP contribution is 2.31. The van der Waals surface area contributed by atoms with Crippen LogP contribution in [0.5, 0.6) is 0 Å². The van der Waals surface area contributed by atoms with Gasteiger partial charge in [0.25, 0.3) is 5.56 Å². The number of carbonyl (C=O) groups excluding carboxylic acids is 1. The quantitative estimate of drug-likeness (QED) is 0.454. The van der Waals surface area contributed by atoms with Crippen molar-refractivity contribution in [1.82, 2.24) is 29.1 Å². The second-order valence-electron chi connectivity index (χ2n) is 7.45. The lowest BCUT2D eigenvalue weighted by Gasteiger charge is -2.07. The van der Waals surface area contributed by atoms with Gasteiger partial charge in [-0.15, -0.1) is 11.3 Å². The van der Waals surface area contributed by atoms with Crippen LogP contribution in [0, 0.1) is 0 Å². The molecule has 5 aromatic rings. The predicted octanol–water partition coefficient (Wildman–Crippen LogP) is 1.82. The molecule has 0 unspecified atom stereocenters. The molecule has 4 heterocycles. The summed E-state index contributed by atoms with van der Waals surface area (Å²) in [5.74, 6) is -0.506. The minimum Gasteiger partial charge on any atom is -0.366 e. The molecule has 0 radical (unpaired) electrons. The van der Waals surface area contributed by atoms with Gasteiger partial charge in [-0.2, -0.15) is 10.2 Å². The number of aryl methyl sites for hydroxylation is 2. The van der Waals surface area contributed by atoms with E-state index in [1.54, 1.807) is 40.4 Å². The van der Waals surface area contributed by atoms with E-state index in [-0.39, 0.29) is 12.1 Å². The van der Waals surface area contributed by atoms with Crippen molar-refractivity contribution in [2.24, 2.45) is 19.8 Å². The summed E-state index contributed by atoms with van der Waals surface area (Å²) in [4.78, 5) is 29.4. The number of hydrogen-bond acceptors (Lipinski definition) is 6. The fourth-order valence-corrected chi connectivity index (χ4v) is 4.89. The van der Waals surface area contributed by atoms with Gasteiger partial charge in [0.1, 0.15) is 10.5 Å². The van der Waals surface area contributed by atoms with E-state index in [1.807, 2.05) is 37.1 Å². The summed E-state index contributed by atoms with van der Waals surface area (Å²) in [7, 11) is 3.73. The Hall–Kier alpha value is -3.79. The van der Waals surface area contributed by atoms with Crippen LogP contribution in [0.2, 0.25) is 0 Å². The number of thiazole rings is 1. The summed E-state index contributed by atoms with van der Waals surface area (Å²) < 4.78 is 5.93. The smallest absolute Gasteiger partial charge is 0.291 e. The van der Waals surface area contributed by atoms with Gasteiger partial charge < -0.3 is 10.3 Å². The summed E-state index contributed by atoms with van der Waals surface area (Å²) in [6.07, 6.45) is 6.20. The van der Waals surface area contributed by atoms with Gasteiger partial charge in [-0.1, -0.05) is 12.1 Å². The van der Waals surface area contributed by atoms with E-state index in [4.69, 9.17) is 10.7 Å². The fourth-order valence-electron chi connectivity index (χ4n) is 3.75. The monoisotopic (exact) mass is 433 g/mol. The van der Waals surface area contributed by atoms with Crippen LogP contribution in [0.1, 0.15) is 26.5 Å². The molecular formula is C21H19N7O2S. The second kappa shape index (κ2) is 7.17. The number of nitrogens with zero attached hydrogens (tertiary/aromatic N) is 6. The molecule has 0 spiro atoms. The highest BCUT2D eigenvalue weighted by molar-refractivity contribution is 7.19. The first kappa shape index (κ1) is 19.2. The van der Waals surface area contributed by atoms with Crippen molar-refractivity contribution in [2.45, 2.75) is 13.0 Å². The molecule has 5 rings (SSSR count). The van der Waals surface area contributed by atoms with Crippen molar-refractivity contribution in [3.8, 4) is 0 Å². The Kier molecular flexibility index (Phi) is 4.44. The molecule has 0 aliphatic heterocycles. The zero-order valence-corrected chi connectivity index (χ0v) is 17.8. The average molecular weight is 433 g/mol. The highest BCUT2D eigenvalue weighted by atomic mass is 32.1. The first-order valence-electron chi connectivity index (χ1n) is 9.61. The number of aromatic nitrogens is 6. The van der Waals surface area contributed by atoms with Crippen molar-refractivity contribution >= 4 is 38.5 Å². The van der Waals surface area contributed by atoms with Crippen LogP contribution in [-0.4, -0.2) is 35.0 Å². The van der Waals surface area contributed by atoms with Gasteiger partial charge in [0.05, 0.1) is 23.6 Å². The Morgan fingerprint density at radius 3 is 2.74 bits per heavy atom. The average Bonchev–Trinajstić information content (AvgIpc) is 3.41. The van der Waals surface area contributed by atoms with E-state index in [0.29, 0.717) is 17.5 Å². The van der Waals surface area contributed by atoms with Gasteiger partial charge in [0, 0.05) is 37.7 Å². The number of primary amides is 1. The maximum absolute atomic E-state index is 13.2. The molecule has 0 saturated heterocycles. The Bertz CT molecular complexity index is 1520. The van der Waals surface area contributed by atoms with Gasteiger partial charge in [0.15, 0.2) is 5.65 Å². The molecule has 0 aliphatic carbocycles. The van der Waals surface area contributed by atoms with Crippen LogP contribution in [-0.2, 0) is 27.1 Å². The second-order valence-corrected chi connectivity index (χ2v) is 8.54. The van der Waals surface area contributed by atoms with E-state index in [0.717, 1.165) is 31.9 Å². The minimum absolute atomic E-state index is 0.205. The first-order valence-corrected chi connectivity index (χ1v) is 10.4. The number of benzene rings is 1. The molecule has 0 bridgehead atoms. The van der Waals surface area contributed by atoms with Crippen molar-refractivity contribution in [3.63, 3.8) is 0 Å². The summed E-state index contributed by atoms with van der Waals surface area (Å²) in [5.41, 5.74) is 8.74. The maximum Gasteiger partial charge on any atom is 0.291 e.